The molecule has 1 aromatic heterocycles. The van der Waals surface area contributed by atoms with Crippen molar-refractivity contribution in [2.75, 3.05) is 7.05 Å². The van der Waals surface area contributed by atoms with Gasteiger partial charge < -0.3 is 5.32 Å². The van der Waals surface area contributed by atoms with Crippen LogP contribution in [-0.2, 0) is 6.42 Å². The number of nitrogens with zero attached hydrogens (tertiary/aromatic N) is 2. The molecule has 3 nitrogen and oxygen atoms in total. The van der Waals surface area contributed by atoms with Crippen molar-refractivity contribution in [3.05, 3.63) is 59.7 Å². The molecule has 1 aromatic carbocycles. The molecule has 3 rings (SSSR count). The lowest BCUT2D eigenvalue weighted by atomic mass is 9.79. The van der Waals surface area contributed by atoms with Crippen LogP contribution in [0.2, 0.25) is 0 Å². The molecule has 1 aliphatic rings. The van der Waals surface area contributed by atoms with Crippen molar-refractivity contribution in [2.24, 2.45) is 0 Å². The summed E-state index contributed by atoms with van der Waals surface area (Å²) in [6, 6.07) is 11.2. The fourth-order valence-electron chi connectivity index (χ4n) is 3.28. The SMILES string of the molecule is CNC(CC1CCCc2ccccc21)c1ccncn1. The minimum atomic E-state index is 0.300. The standard InChI is InChI=1S/C17H21N3/c1-18-17(16-9-10-19-12-20-16)11-14-7-4-6-13-5-2-3-8-15(13)14/h2-3,5,8-10,12,14,17-18H,4,6-7,11H2,1H3. The summed E-state index contributed by atoms with van der Waals surface area (Å²) in [6.45, 7) is 0. The van der Waals surface area contributed by atoms with Crippen molar-refractivity contribution < 1.29 is 0 Å². The average molecular weight is 267 g/mol. The summed E-state index contributed by atoms with van der Waals surface area (Å²) in [5.41, 5.74) is 4.15. The molecule has 0 amide bonds. The highest BCUT2D eigenvalue weighted by molar-refractivity contribution is 5.33. The third kappa shape index (κ3) is 2.73. The maximum absolute atomic E-state index is 4.40. The van der Waals surface area contributed by atoms with E-state index in [1.54, 1.807) is 6.33 Å². The molecule has 0 radical (unpaired) electrons. The van der Waals surface area contributed by atoms with E-state index in [4.69, 9.17) is 0 Å². The highest BCUT2D eigenvalue weighted by Gasteiger charge is 2.23. The van der Waals surface area contributed by atoms with Crippen molar-refractivity contribution in [1.82, 2.24) is 15.3 Å². The third-order valence-corrected chi connectivity index (χ3v) is 4.32. The van der Waals surface area contributed by atoms with Gasteiger partial charge in [-0.3, -0.25) is 0 Å². The van der Waals surface area contributed by atoms with E-state index in [2.05, 4.69) is 39.6 Å². The Morgan fingerprint density at radius 1 is 1.30 bits per heavy atom. The van der Waals surface area contributed by atoms with Crippen molar-refractivity contribution in [1.29, 1.82) is 0 Å². The van der Waals surface area contributed by atoms with E-state index >= 15 is 0 Å². The van der Waals surface area contributed by atoms with Crippen molar-refractivity contribution >= 4 is 0 Å². The monoisotopic (exact) mass is 267 g/mol. The summed E-state index contributed by atoms with van der Waals surface area (Å²) in [5.74, 6) is 0.632. The van der Waals surface area contributed by atoms with E-state index in [0.29, 0.717) is 12.0 Å². The van der Waals surface area contributed by atoms with E-state index in [0.717, 1.165) is 12.1 Å². The summed E-state index contributed by atoms with van der Waals surface area (Å²) in [4.78, 5) is 8.40. The summed E-state index contributed by atoms with van der Waals surface area (Å²) in [6.07, 6.45) is 8.35. The lowest BCUT2D eigenvalue weighted by Gasteiger charge is -2.28. The molecule has 3 heteroatoms. The Bertz CT molecular complexity index is 553. The van der Waals surface area contributed by atoms with Gasteiger partial charge in [0.1, 0.15) is 6.33 Å². The van der Waals surface area contributed by atoms with Gasteiger partial charge in [0.2, 0.25) is 0 Å². The Labute approximate surface area is 120 Å². The molecule has 0 saturated carbocycles. The molecule has 1 aliphatic carbocycles. The minimum Gasteiger partial charge on any atom is -0.312 e. The Kier molecular flexibility index (Phi) is 4.07. The molecule has 0 aliphatic heterocycles. The smallest absolute Gasteiger partial charge is 0.115 e. The van der Waals surface area contributed by atoms with Gasteiger partial charge in [-0.1, -0.05) is 24.3 Å². The predicted octanol–water partition coefficient (Wildman–Crippen LogP) is 3.25. The molecule has 0 saturated heterocycles. The van der Waals surface area contributed by atoms with E-state index in [9.17, 15) is 0 Å². The number of hydrogen-bond donors (Lipinski definition) is 1. The van der Waals surface area contributed by atoms with Gasteiger partial charge >= 0.3 is 0 Å². The lowest BCUT2D eigenvalue weighted by Crippen LogP contribution is -2.22. The number of nitrogens with one attached hydrogen (secondary N) is 1. The van der Waals surface area contributed by atoms with Crippen LogP contribution >= 0.6 is 0 Å². The van der Waals surface area contributed by atoms with Crippen LogP contribution in [0.4, 0.5) is 0 Å². The first-order valence-corrected chi connectivity index (χ1v) is 7.39. The van der Waals surface area contributed by atoms with Gasteiger partial charge in [0.05, 0.1) is 5.69 Å². The zero-order chi connectivity index (χ0) is 13.8. The van der Waals surface area contributed by atoms with Crippen LogP contribution in [0.5, 0.6) is 0 Å². The second-order valence-electron chi connectivity index (χ2n) is 5.50. The Morgan fingerprint density at radius 2 is 2.20 bits per heavy atom. The first-order chi connectivity index (χ1) is 9.88. The van der Waals surface area contributed by atoms with Gasteiger partial charge in [0.15, 0.2) is 0 Å². The van der Waals surface area contributed by atoms with Gasteiger partial charge in [-0.15, -0.1) is 0 Å². The van der Waals surface area contributed by atoms with Gasteiger partial charge in [-0.05, 0) is 55.8 Å². The normalized spacial score (nSPS) is 19.4. The first kappa shape index (κ1) is 13.3. The molecule has 2 unspecified atom stereocenters. The van der Waals surface area contributed by atoms with Gasteiger partial charge in [0, 0.05) is 12.2 Å². The second kappa shape index (κ2) is 6.14. The molecule has 0 fully saturated rings. The molecule has 2 atom stereocenters. The highest BCUT2D eigenvalue weighted by Crippen LogP contribution is 2.37. The number of aryl methyl sites for hydroxylation is 1. The van der Waals surface area contributed by atoms with Crippen LogP contribution in [0.3, 0.4) is 0 Å². The molecular formula is C17H21N3. The van der Waals surface area contributed by atoms with Gasteiger partial charge in [0.25, 0.3) is 0 Å². The number of rotatable bonds is 4. The summed E-state index contributed by atoms with van der Waals surface area (Å²) in [5, 5.41) is 3.41. The fourth-order valence-corrected chi connectivity index (χ4v) is 3.28. The van der Waals surface area contributed by atoms with E-state index in [-0.39, 0.29) is 0 Å². The quantitative estimate of drug-likeness (QED) is 0.924. The van der Waals surface area contributed by atoms with E-state index in [1.807, 2.05) is 19.3 Å². The number of aromatic nitrogens is 2. The maximum atomic E-state index is 4.40. The van der Waals surface area contributed by atoms with Crippen LogP contribution in [0.1, 0.15) is 48.0 Å². The number of fused-ring (bicyclic) bond motifs is 1. The Hall–Kier alpha value is -1.74. The summed E-state index contributed by atoms with van der Waals surface area (Å²) >= 11 is 0. The van der Waals surface area contributed by atoms with Crippen molar-refractivity contribution in [2.45, 2.75) is 37.6 Å². The van der Waals surface area contributed by atoms with Crippen molar-refractivity contribution in [3.8, 4) is 0 Å². The molecule has 0 spiro atoms. The zero-order valence-corrected chi connectivity index (χ0v) is 11.9. The predicted molar refractivity (Wildman–Crippen MR) is 80.6 cm³/mol. The van der Waals surface area contributed by atoms with Crippen LogP contribution in [-0.4, -0.2) is 17.0 Å². The summed E-state index contributed by atoms with van der Waals surface area (Å²) in [7, 11) is 2.02. The first-order valence-electron chi connectivity index (χ1n) is 7.39. The molecular weight excluding hydrogens is 246 g/mol. The zero-order valence-electron chi connectivity index (χ0n) is 11.9. The molecule has 2 aromatic rings. The maximum Gasteiger partial charge on any atom is 0.115 e. The van der Waals surface area contributed by atoms with E-state index < -0.39 is 0 Å². The molecule has 0 bridgehead atoms. The molecule has 1 heterocycles. The number of benzene rings is 1. The average Bonchev–Trinajstić information content (AvgIpc) is 2.53. The van der Waals surface area contributed by atoms with Crippen molar-refractivity contribution in [3.63, 3.8) is 0 Å². The number of hydrogen-bond acceptors (Lipinski definition) is 3. The molecule has 104 valence electrons. The highest BCUT2D eigenvalue weighted by atomic mass is 14.9. The van der Waals surface area contributed by atoms with Gasteiger partial charge in [-0.2, -0.15) is 0 Å². The van der Waals surface area contributed by atoms with Crippen LogP contribution in [0, 0.1) is 0 Å². The topological polar surface area (TPSA) is 37.8 Å². The van der Waals surface area contributed by atoms with Crippen LogP contribution in [0.15, 0.2) is 42.9 Å². The third-order valence-electron chi connectivity index (χ3n) is 4.32. The lowest BCUT2D eigenvalue weighted by molar-refractivity contribution is 0.433. The largest absolute Gasteiger partial charge is 0.312 e. The summed E-state index contributed by atoms with van der Waals surface area (Å²) < 4.78 is 0. The molecule has 20 heavy (non-hydrogen) atoms. The van der Waals surface area contributed by atoms with Gasteiger partial charge in [-0.25, -0.2) is 9.97 Å². The second-order valence-corrected chi connectivity index (χ2v) is 5.50. The molecule has 1 N–H and O–H groups in total. The van der Waals surface area contributed by atoms with Crippen LogP contribution in [0.25, 0.3) is 0 Å². The van der Waals surface area contributed by atoms with E-state index in [1.165, 1.54) is 30.4 Å². The minimum absolute atomic E-state index is 0.300. The Morgan fingerprint density at radius 3 is 3.00 bits per heavy atom. The fraction of sp³-hybridized carbons (Fsp3) is 0.412. The van der Waals surface area contributed by atoms with Crippen LogP contribution < -0.4 is 5.32 Å². The Balaban J connectivity index is 1.81.